The molecule has 1 fully saturated rings. The highest BCUT2D eigenvalue weighted by Gasteiger charge is 2.30. The molecule has 1 amide bonds. The summed E-state index contributed by atoms with van der Waals surface area (Å²) in [6.45, 7) is 4.91. The van der Waals surface area contributed by atoms with Crippen LogP contribution in [0, 0.1) is 0 Å². The molecule has 8 nitrogen and oxygen atoms in total. The largest absolute Gasteiger partial charge is 0.478 e. The van der Waals surface area contributed by atoms with Gasteiger partial charge in [0.15, 0.2) is 0 Å². The highest BCUT2D eigenvalue weighted by atomic mass is 32.2. The number of benzene rings is 2. The SMILES string of the molecule is CC(=O)N1c2ccc(S(=O)(=O)Nc3ccc(N4CCSCC4)c(C(=O)O)c3)cc2CC1C. The molecule has 170 valence electrons. The highest BCUT2D eigenvalue weighted by molar-refractivity contribution is 7.99. The summed E-state index contributed by atoms with van der Waals surface area (Å²) in [7, 11) is -3.93. The van der Waals surface area contributed by atoms with Gasteiger partial charge in [-0.2, -0.15) is 11.8 Å². The van der Waals surface area contributed by atoms with Gasteiger partial charge in [-0.25, -0.2) is 13.2 Å². The maximum absolute atomic E-state index is 13.0. The summed E-state index contributed by atoms with van der Waals surface area (Å²) in [5.41, 5.74) is 2.37. The van der Waals surface area contributed by atoms with E-state index < -0.39 is 16.0 Å². The molecule has 1 atom stereocenters. The Bertz CT molecular complexity index is 1180. The molecule has 0 saturated carbocycles. The number of sulfonamides is 1. The van der Waals surface area contributed by atoms with Crippen LogP contribution < -0.4 is 14.5 Å². The smallest absolute Gasteiger partial charge is 0.337 e. The second-order valence-electron chi connectivity index (χ2n) is 7.97. The van der Waals surface area contributed by atoms with E-state index in [1.807, 2.05) is 23.6 Å². The summed E-state index contributed by atoms with van der Waals surface area (Å²) in [4.78, 5) is 27.5. The maximum atomic E-state index is 13.0. The quantitative estimate of drug-likeness (QED) is 0.684. The molecular formula is C22H25N3O5S2. The van der Waals surface area contributed by atoms with Crippen molar-refractivity contribution >= 4 is 50.7 Å². The summed E-state index contributed by atoms with van der Waals surface area (Å²) >= 11 is 1.82. The number of fused-ring (bicyclic) bond motifs is 1. The third-order valence-corrected chi connectivity index (χ3v) is 8.07. The van der Waals surface area contributed by atoms with Crippen LogP contribution in [0.2, 0.25) is 0 Å². The number of nitrogens with one attached hydrogen (secondary N) is 1. The lowest BCUT2D eigenvalue weighted by molar-refractivity contribution is -0.116. The van der Waals surface area contributed by atoms with E-state index in [2.05, 4.69) is 4.72 Å². The van der Waals surface area contributed by atoms with Crippen molar-refractivity contribution in [1.29, 1.82) is 0 Å². The van der Waals surface area contributed by atoms with Gasteiger partial charge in [0.1, 0.15) is 0 Å². The third-order valence-electron chi connectivity index (χ3n) is 5.75. The number of carbonyl (C=O) groups excluding carboxylic acids is 1. The molecule has 2 aliphatic rings. The van der Waals surface area contributed by atoms with E-state index >= 15 is 0 Å². The number of thioether (sulfide) groups is 1. The fourth-order valence-electron chi connectivity index (χ4n) is 4.32. The van der Waals surface area contributed by atoms with E-state index in [4.69, 9.17) is 0 Å². The van der Waals surface area contributed by atoms with Crippen LogP contribution in [0.5, 0.6) is 0 Å². The highest BCUT2D eigenvalue weighted by Crippen LogP contribution is 2.34. The fourth-order valence-corrected chi connectivity index (χ4v) is 6.32. The number of carboxylic acids is 1. The van der Waals surface area contributed by atoms with Crippen molar-refractivity contribution < 1.29 is 23.1 Å². The maximum Gasteiger partial charge on any atom is 0.337 e. The van der Waals surface area contributed by atoms with Gasteiger partial charge in [0, 0.05) is 48.9 Å². The number of anilines is 3. The molecule has 0 aliphatic carbocycles. The summed E-state index contributed by atoms with van der Waals surface area (Å²) in [5, 5.41) is 9.70. The first kappa shape index (κ1) is 22.5. The number of hydrogen-bond acceptors (Lipinski definition) is 6. The van der Waals surface area contributed by atoms with Crippen molar-refractivity contribution in [3.8, 4) is 0 Å². The molecule has 4 rings (SSSR count). The minimum Gasteiger partial charge on any atom is -0.478 e. The number of rotatable bonds is 5. The van der Waals surface area contributed by atoms with Crippen LogP contribution in [0.4, 0.5) is 17.1 Å². The van der Waals surface area contributed by atoms with Crippen molar-refractivity contribution in [3.05, 3.63) is 47.5 Å². The van der Waals surface area contributed by atoms with E-state index in [-0.39, 0.29) is 28.1 Å². The monoisotopic (exact) mass is 475 g/mol. The summed E-state index contributed by atoms with van der Waals surface area (Å²) in [6.07, 6.45) is 0.574. The van der Waals surface area contributed by atoms with Gasteiger partial charge in [-0.05, 0) is 55.3 Å². The molecule has 2 aromatic rings. The topological polar surface area (TPSA) is 107 Å². The average molecular weight is 476 g/mol. The Kier molecular flexibility index (Phi) is 6.09. The molecule has 2 heterocycles. The molecule has 0 aromatic heterocycles. The lowest BCUT2D eigenvalue weighted by Crippen LogP contribution is -2.33. The average Bonchev–Trinajstić information content (AvgIpc) is 3.09. The van der Waals surface area contributed by atoms with Crippen LogP contribution in [-0.2, 0) is 21.2 Å². The van der Waals surface area contributed by atoms with Crippen molar-refractivity contribution in [2.24, 2.45) is 0 Å². The van der Waals surface area contributed by atoms with Crippen molar-refractivity contribution in [2.45, 2.75) is 31.2 Å². The first-order valence-electron chi connectivity index (χ1n) is 10.3. The first-order chi connectivity index (χ1) is 15.2. The van der Waals surface area contributed by atoms with Crippen LogP contribution in [0.25, 0.3) is 0 Å². The molecule has 2 aromatic carbocycles. The van der Waals surface area contributed by atoms with Gasteiger partial charge in [-0.15, -0.1) is 0 Å². The Balaban J connectivity index is 1.61. The second-order valence-corrected chi connectivity index (χ2v) is 10.9. The van der Waals surface area contributed by atoms with Gasteiger partial charge in [-0.1, -0.05) is 0 Å². The molecule has 0 bridgehead atoms. The Morgan fingerprint density at radius 1 is 1.09 bits per heavy atom. The van der Waals surface area contributed by atoms with Crippen LogP contribution in [0.1, 0.15) is 29.8 Å². The Hall–Kier alpha value is -2.72. The standard InChI is InChI=1S/C22H25N3O5S2/c1-14-11-16-12-18(4-6-20(16)25(14)15(2)26)32(29,30)23-17-3-5-21(19(13-17)22(27)28)24-7-9-31-10-8-24/h3-6,12-14,23H,7-11H2,1-2H3,(H,27,28). The molecular weight excluding hydrogens is 450 g/mol. The molecule has 1 unspecified atom stereocenters. The van der Waals surface area contributed by atoms with Gasteiger partial charge >= 0.3 is 5.97 Å². The van der Waals surface area contributed by atoms with Crippen molar-refractivity contribution in [3.63, 3.8) is 0 Å². The van der Waals surface area contributed by atoms with E-state index in [1.165, 1.54) is 19.1 Å². The summed E-state index contributed by atoms with van der Waals surface area (Å²) in [6, 6.07) is 9.27. The number of carboxylic acid groups (broad SMARTS) is 1. The third kappa shape index (κ3) is 4.29. The molecule has 0 spiro atoms. The molecule has 32 heavy (non-hydrogen) atoms. The predicted octanol–water partition coefficient (Wildman–Crippen LogP) is 3.04. The number of carbonyl (C=O) groups is 2. The van der Waals surface area contributed by atoms with Crippen LogP contribution in [0.15, 0.2) is 41.3 Å². The Morgan fingerprint density at radius 3 is 2.44 bits per heavy atom. The van der Waals surface area contributed by atoms with Gasteiger partial charge in [0.2, 0.25) is 5.91 Å². The first-order valence-corrected chi connectivity index (χ1v) is 13.0. The number of amides is 1. The minimum absolute atomic E-state index is 0.0349. The number of aromatic carboxylic acids is 1. The minimum atomic E-state index is -3.93. The van der Waals surface area contributed by atoms with Crippen LogP contribution >= 0.6 is 11.8 Å². The fraction of sp³-hybridized carbons (Fsp3) is 0.364. The zero-order valence-electron chi connectivity index (χ0n) is 17.9. The molecule has 1 saturated heterocycles. The van der Waals surface area contributed by atoms with Gasteiger partial charge < -0.3 is 14.9 Å². The predicted molar refractivity (Wildman–Crippen MR) is 127 cm³/mol. The lowest BCUT2D eigenvalue weighted by Gasteiger charge is -2.29. The molecule has 10 heteroatoms. The van der Waals surface area contributed by atoms with Crippen molar-refractivity contribution in [1.82, 2.24) is 0 Å². The van der Waals surface area contributed by atoms with Crippen LogP contribution in [-0.4, -0.2) is 56.0 Å². The van der Waals surface area contributed by atoms with Crippen LogP contribution in [0.3, 0.4) is 0 Å². The van der Waals surface area contributed by atoms with E-state index in [9.17, 15) is 23.1 Å². The van der Waals surface area contributed by atoms with Gasteiger partial charge in [-0.3, -0.25) is 9.52 Å². The van der Waals surface area contributed by atoms with Gasteiger partial charge in [0.25, 0.3) is 10.0 Å². The van der Waals surface area contributed by atoms with Crippen molar-refractivity contribution in [2.75, 3.05) is 39.1 Å². The second kappa shape index (κ2) is 8.67. The normalized spacial score (nSPS) is 18.4. The Labute approximate surface area is 191 Å². The summed E-state index contributed by atoms with van der Waals surface area (Å²) in [5.74, 6) is 0.658. The number of nitrogens with zero attached hydrogens (tertiary/aromatic N) is 2. The Morgan fingerprint density at radius 2 is 1.78 bits per heavy atom. The lowest BCUT2D eigenvalue weighted by atomic mass is 10.1. The summed E-state index contributed by atoms with van der Waals surface area (Å²) < 4.78 is 28.5. The zero-order chi connectivity index (χ0) is 23.0. The number of hydrogen-bond donors (Lipinski definition) is 2. The molecule has 0 radical (unpaired) electrons. The molecule has 2 N–H and O–H groups in total. The van der Waals surface area contributed by atoms with Gasteiger partial charge in [0.05, 0.1) is 16.1 Å². The van der Waals surface area contributed by atoms with E-state index in [0.717, 1.165) is 35.8 Å². The zero-order valence-corrected chi connectivity index (χ0v) is 19.5. The van der Waals surface area contributed by atoms with E-state index in [0.29, 0.717) is 12.1 Å². The van der Waals surface area contributed by atoms with E-state index in [1.54, 1.807) is 29.2 Å². The molecule has 2 aliphatic heterocycles.